The van der Waals surface area contributed by atoms with E-state index in [9.17, 15) is 34.2 Å². The van der Waals surface area contributed by atoms with Crippen molar-refractivity contribution in [1.82, 2.24) is 0 Å². The maximum atomic E-state index is 12.2. The maximum absolute atomic E-state index is 12.2. The van der Waals surface area contributed by atoms with Crippen molar-refractivity contribution in [2.45, 2.75) is 279 Å². The number of hydrogen-bond donors (Lipinski definition) is 3. The molecule has 0 heterocycles. The number of unbranched alkanes of at least 4 members (excludes halogenated alkanes) is 27. The summed E-state index contributed by atoms with van der Waals surface area (Å²) in [6.45, 7) is 10.8. The molecule has 0 radical (unpaired) electrons. The third kappa shape index (κ3) is 58.7. The van der Waals surface area contributed by atoms with Crippen molar-refractivity contribution < 1.29 is 84.0 Å². The van der Waals surface area contributed by atoms with Gasteiger partial charge in [0.15, 0.2) is 0 Å². The summed E-state index contributed by atoms with van der Waals surface area (Å²) in [5.74, 6) is -1.46. The molecule has 3 N–H and O–H groups in total. The van der Waals surface area contributed by atoms with Gasteiger partial charge >= 0.3 is 29.8 Å². The van der Waals surface area contributed by atoms with Gasteiger partial charge in [0, 0.05) is 59.8 Å². The normalized spacial score (nSPS) is 10.8. The Morgan fingerprint density at radius 2 is 0.521 bits per heavy atom. The van der Waals surface area contributed by atoms with E-state index in [4.69, 9.17) is 28.8 Å². The SMILES string of the molecule is CC.CCCCCCCCCCOC(=O)CCCCCC(=O)OCC(CO)(CO)COC(=O)CCCCCC(=O)OCCCCCCCCCC.CCCCCCCCCCOC(=O)CCCCCO.[W]. The Bertz CT molecular complexity index is 1090. The topological polar surface area (TPSA) is 192 Å². The number of aliphatic hydroxyl groups excluding tert-OH is 3. The molecule has 0 fully saturated rings. The molecule has 0 spiro atoms. The Kier molecular flexibility index (Phi) is 66.1. The molecule has 0 atom stereocenters. The molecule has 422 valence electrons. The van der Waals surface area contributed by atoms with Gasteiger partial charge in [0.2, 0.25) is 0 Å². The molecular weight excluding hydrogens is 1080 g/mol. The first kappa shape index (κ1) is 75.4. The van der Waals surface area contributed by atoms with Gasteiger partial charge in [0.25, 0.3) is 0 Å². The molecule has 0 aromatic rings. The van der Waals surface area contributed by atoms with Crippen LogP contribution in [-0.4, -0.2) is 98.0 Å². The van der Waals surface area contributed by atoms with Crippen LogP contribution in [0, 0.1) is 5.41 Å². The molecule has 0 saturated heterocycles. The van der Waals surface area contributed by atoms with Crippen LogP contribution in [-0.2, 0) is 68.7 Å². The second-order valence-electron chi connectivity index (χ2n) is 18.9. The molecule has 0 aromatic carbocycles. The summed E-state index contributed by atoms with van der Waals surface area (Å²) in [6.07, 6.45) is 36.8. The molecule has 0 bridgehead atoms. The summed E-state index contributed by atoms with van der Waals surface area (Å²) in [6, 6.07) is 0. The van der Waals surface area contributed by atoms with Crippen molar-refractivity contribution in [3.8, 4) is 0 Å². The monoisotopic (exact) mass is 1190 g/mol. The van der Waals surface area contributed by atoms with Crippen LogP contribution >= 0.6 is 0 Å². The summed E-state index contributed by atoms with van der Waals surface area (Å²) in [4.78, 5) is 59.6. The standard InChI is InChI=1S/C39H72O10.C16H32O3.C2H6.W/c1-3-5-7-9-11-13-15-23-29-46-35(42)25-19-17-21-27-37(44)48-33-39(31-40,32-41)34-49-38(45)28-22-18-20-26-36(43)47-30-24-16-14-12-10-8-6-4-2;1-2-3-4-5-6-7-8-12-15-19-16(18)13-10-9-11-14-17;1-2;/h40-41H,3-34H2,1-2H3;17H,2-15H2,1H3;1-2H3;. The molecule has 0 amide bonds. The fourth-order valence-corrected chi connectivity index (χ4v) is 7.36. The van der Waals surface area contributed by atoms with Crippen LogP contribution < -0.4 is 0 Å². The van der Waals surface area contributed by atoms with E-state index in [1.54, 1.807) is 0 Å². The fraction of sp³-hybridized carbons (Fsp3) is 0.912. The number of carbonyl (C=O) groups is 5. The molecule has 13 nitrogen and oxygen atoms in total. The van der Waals surface area contributed by atoms with Gasteiger partial charge in [-0.3, -0.25) is 24.0 Å². The Hall–Kier alpha value is -2.08. The van der Waals surface area contributed by atoms with E-state index >= 15 is 0 Å². The molecule has 0 aliphatic heterocycles. The van der Waals surface area contributed by atoms with E-state index in [2.05, 4.69) is 20.8 Å². The molecule has 0 rings (SSSR count). The van der Waals surface area contributed by atoms with Crippen molar-refractivity contribution in [2.75, 3.05) is 52.9 Å². The van der Waals surface area contributed by atoms with Gasteiger partial charge in [-0.1, -0.05) is 189 Å². The van der Waals surface area contributed by atoms with Crippen molar-refractivity contribution in [3.63, 3.8) is 0 Å². The van der Waals surface area contributed by atoms with E-state index in [0.717, 1.165) is 51.4 Å². The van der Waals surface area contributed by atoms with Crippen molar-refractivity contribution in [3.05, 3.63) is 0 Å². The first-order valence-corrected chi connectivity index (χ1v) is 28.7. The third-order valence-electron chi connectivity index (χ3n) is 12.1. The zero-order valence-electron chi connectivity index (χ0n) is 46.4. The minimum Gasteiger partial charge on any atom is -0.466 e. The minimum atomic E-state index is -1.29. The Morgan fingerprint density at radius 3 is 0.761 bits per heavy atom. The zero-order valence-corrected chi connectivity index (χ0v) is 49.3. The summed E-state index contributed by atoms with van der Waals surface area (Å²) < 4.78 is 26.3. The number of ether oxygens (including phenoxy) is 5. The largest absolute Gasteiger partial charge is 0.466 e. The molecule has 0 aliphatic rings. The van der Waals surface area contributed by atoms with Gasteiger partial charge in [-0.05, 0) is 57.8 Å². The summed E-state index contributed by atoms with van der Waals surface area (Å²) >= 11 is 0. The minimum absolute atomic E-state index is 0. The van der Waals surface area contributed by atoms with Gasteiger partial charge in [-0.2, -0.15) is 0 Å². The quantitative estimate of drug-likeness (QED) is 0.0296. The Balaban J connectivity index is -0.000000852. The Labute approximate surface area is 448 Å². The van der Waals surface area contributed by atoms with Gasteiger partial charge in [-0.15, -0.1) is 0 Å². The number of hydrogen-bond acceptors (Lipinski definition) is 13. The molecular formula is C57H110O13W. The number of esters is 5. The third-order valence-corrected chi connectivity index (χ3v) is 12.1. The van der Waals surface area contributed by atoms with E-state index in [1.165, 1.54) is 122 Å². The summed E-state index contributed by atoms with van der Waals surface area (Å²) in [5.41, 5.74) is -1.29. The van der Waals surface area contributed by atoms with Crippen LogP contribution in [0.1, 0.15) is 279 Å². The second kappa shape index (κ2) is 62.2. The van der Waals surface area contributed by atoms with Crippen LogP contribution in [0.5, 0.6) is 0 Å². The first-order chi connectivity index (χ1) is 34.1. The van der Waals surface area contributed by atoms with Crippen molar-refractivity contribution in [1.29, 1.82) is 0 Å². The molecule has 0 aliphatic carbocycles. The van der Waals surface area contributed by atoms with E-state index in [0.29, 0.717) is 77.6 Å². The van der Waals surface area contributed by atoms with Crippen LogP contribution in [0.4, 0.5) is 0 Å². The smallest absolute Gasteiger partial charge is 0.305 e. The van der Waals surface area contributed by atoms with Crippen molar-refractivity contribution >= 4 is 29.8 Å². The zero-order chi connectivity index (χ0) is 52.4. The number of carbonyl (C=O) groups excluding carboxylic acids is 5. The first-order valence-electron chi connectivity index (χ1n) is 28.7. The Morgan fingerprint density at radius 1 is 0.310 bits per heavy atom. The van der Waals surface area contributed by atoms with E-state index < -0.39 is 30.6 Å². The van der Waals surface area contributed by atoms with Gasteiger partial charge in [0.1, 0.15) is 13.2 Å². The van der Waals surface area contributed by atoms with Gasteiger partial charge in [-0.25, -0.2) is 0 Å². The molecule has 71 heavy (non-hydrogen) atoms. The van der Waals surface area contributed by atoms with Crippen LogP contribution in [0.15, 0.2) is 0 Å². The van der Waals surface area contributed by atoms with Crippen LogP contribution in [0.3, 0.4) is 0 Å². The van der Waals surface area contributed by atoms with Gasteiger partial charge < -0.3 is 39.0 Å². The second-order valence-corrected chi connectivity index (χ2v) is 18.9. The van der Waals surface area contributed by atoms with Crippen LogP contribution in [0.2, 0.25) is 0 Å². The van der Waals surface area contributed by atoms with E-state index in [-0.39, 0.29) is 71.6 Å². The average molecular weight is 1190 g/mol. The predicted octanol–water partition coefficient (Wildman–Crippen LogP) is 13.6. The summed E-state index contributed by atoms with van der Waals surface area (Å²) in [7, 11) is 0. The molecule has 0 aromatic heterocycles. The maximum Gasteiger partial charge on any atom is 0.305 e. The van der Waals surface area contributed by atoms with Gasteiger partial charge in [0.05, 0.1) is 38.4 Å². The van der Waals surface area contributed by atoms with E-state index in [1.807, 2.05) is 13.8 Å². The van der Waals surface area contributed by atoms with Crippen LogP contribution in [0.25, 0.3) is 0 Å². The number of rotatable bonds is 50. The number of aliphatic hydroxyl groups is 3. The fourth-order valence-electron chi connectivity index (χ4n) is 7.36. The average Bonchev–Trinajstić information content (AvgIpc) is 3.37. The predicted molar refractivity (Wildman–Crippen MR) is 282 cm³/mol. The molecule has 0 unspecified atom stereocenters. The van der Waals surface area contributed by atoms with Crippen molar-refractivity contribution in [2.24, 2.45) is 5.41 Å². The summed E-state index contributed by atoms with van der Waals surface area (Å²) in [5, 5.41) is 28.3. The molecule has 14 heteroatoms. The molecule has 0 saturated carbocycles.